The number of nitrogens with zero attached hydrogens (tertiary/aromatic N) is 1. The molecule has 0 radical (unpaired) electrons. The first kappa shape index (κ1) is 11.3. The molecule has 0 aliphatic carbocycles. The van der Waals surface area contributed by atoms with Gasteiger partial charge >= 0.3 is 6.09 Å². The van der Waals surface area contributed by atoms with Gasteiger partial charge in [-0.2, -0.15) is 0 Å². The van der Waals surface area contributed by atoms with Gasteiger partial charge in [0, 0.05) is 18.6 Å². The lowest BCUT2D eigenvalue weighted by Crippen LogP contribution is -2.42. The summed E-state index contributed by atoms with van der Waals surface area (Å²) in [6, 6.07) is 0.173. The minimum atomic E-state index is -0.427. The molecule has 2 N–H and O–H groups in total. The fourth-order valence-electron chi connectivity index (χ4n) is 1.54. The SMILES string of the molecule is C[C@H]1[C@H](N)CCN1C(=O)OC(C)(C)C. The molecule has 1 aliphatic rings. The molecule has 0 aromatic rings. The number of likely N-dealkylation sites (tertiary alicyclic amines) is 1. The van der Waals surface area contributed by atoms with E-state index in [0.29, 0.717) is 6.54 Å². The van der Waals surface area contributed by atoms with Crippen molar-refractivity contribution >= 4 is 6.09 Å². The van der Waals surface area contributed by atoms with Crippen LogP contribution in [0.15, 0.2) is 0 Å². The van der Waals surface area contributed by atoms with E-state index in [-0.39, 0.29) is 18.2 Å². The number of carbonyl (C=O) groups excluding carboxylic acids is 1. The van der Waals surface area contributed by atoms with Crippen molar-refractivity contribution in [3.63, 3.8) is 0 Å². The maximum atomic E-state index is 11.7. The molecule has 14 heavy (non-hydrogen) atoms. The fourth-order valence-corrected chi connectivity index (χ4v) is 1.54. The van der Waals surface area contributed by atoms with Crippen LogP contribution in [0.3, 0.4) is 0 Å². The summed E-state index contributed by atoms with van der Waals surface area (Å²) in [5.74, 6) is 0. The molecular formula is C10H20N2O2. The number of rotatable bonds is 0. The molecule has 0 unspecified atom stereocenters. The van der Waals surface area contributed by atoms with Gasteiger partial charge in [0.15, 0.2) is 0 Å². The maximum absolute atomic E-state index is 11.7. The Bertz CT molecular complexity index is 223. The Kier molecular flexibility index (Phi) is 3.04. The molecule has 4 heteroatoms. The van der Waals surface area contributed by atoms with Gasteiger partial charge < -0.3 is 15.4 Å². The van der Waals surface area contributed by atoms with E-state index in [0.717, 1.165) is 6.42 Å². The zero-order valence-corrected chi connectivity index (χ0v) is 9.41. The first-order valence-corrected chi connectivity index (χ1v) is 5.06. The first-order valence-electron chi connectivity index (χ1n) is 5.06. The molecule has 0 spiro atoms. The highest BCUT2D eigenvalue weighted by Gasteiger charge is 2.33. The highest BCUT2D eigenvalue weighted by Crippen LogP contribution is 2.19. The lowest BCUT2D eigenvalue weighted by molar-refractivity contribution is 0.0234. The van der Waals surface area contributed by atoms with E-state index in [1.54, 1.807) is 4.90 Å². The number of carbonyl (C=O) groups is 1. The summed E-state index contributed by atoms with van der Waals surface area (Å²) in [7, 11) is 0. The highest BCUT2D eigenvalue weighted by molar-refractivity contribution is 5.69. The van der Waals surface area contributed by atoms with Crippen molar-refractivity contribution in [2.24, 2.45) is 5.73 Å². The second-order valence-electron chi connectivity index (χ2n) is 4.87. The molecule has 0 aromatic heterocycles. The topological polar surface area (TPSA) is 55.6 Å². The van der Waals surface area contributed by atoms with E-state index in [9.17, 15) is 4.79 Å². The smallest absolute Gasteiger partial charge is 0.410 e. The summed E-state index contributed by atoms with van der Waals surface area (Å²) in [4.78, 5) is 13.4. The second kappa shape index (κ2) is 3.77. The molecule has 1 rings (SSSR count). The van der Waals surface area contributed by atoms with Crippen molar-refractivity contribution in [1.82, 2.24) is 4.90 Å². The van der Waals surface area contributed by atoms with Crippen LogP contribution in [0.5, 0.6) is 0 Å². The van der Waals surface area contributed by atoms with E-state index in [4.69, 9.17) is 10.5 Å². The van der Waals surface area contributed by atoms with Crippen molar-refractivity contribution in [2.75, 3.05) is 6.54 Å². The molecule has 1 heterocycles. The summed E-state index contributed by atoms with van der Waals surface area (Å²) in [5.41, 5.74) is 5.39. The normalized spacial score (nSPS) is 27.9. The predicted octanol–water partition coefficient (Wildman–Crippen LogP) is 1.34. The predicted molar refractivity (Wildman–Crippen MR) is 55.0 cm³/mol. The molecule has 1 aliphatic heterocycles. The lowest BCUT2D eigenvalue weighted by Gasteiger charge is -2.27. The third kappa shape index (κ3) is 2.61. The quantitative estimate of drug-likeness (QED) is 0.642. The molecule has 0 bridgehead atoms. The van der Waals surface area contributed by atoms with Gasteiger partial charge in [0.1, 0.15) is 5.60 Å². The summed E-state index contributed by atoms with van der Waals surface area (Å²) in [5, 5.41) is 0. The van der Waals surface area contributed by atoms with Gasteiger partial charge in [0.25, 0.3) is 0 Å². The zero-order chi connectivity index (χ0) is 10.9. The summed E-state index contributed by atoms with van der Waals surface area (Å²) >= 11 is 0. The molecule has 2 atom stereocenters. The third-order valence-corrected chi connectivity index (χ3v) is 2.44. The molecule has 0 aromatic carbocycles. The standard InChI is InChI=1S/C10H20N2O2/c1-7-8(11)5-6-12(7)9(13)14-10(2,3)4/h7-8H,5-6,11H2,1-4H3/t7-,8+/m0/s1. The third-order valence-electron chi connectivity index (χ3n) is 2.44. The van der Waals surface area contributed by atoms with Crippen LogP contribution < -0.4 is 5.73 Å². The lowest BCUT2D eigenvalue weighted by atomic mass is 10.2. The fraction of sp³-hybridized carbons (Fsp3) is 0.900. The highest BCUT2D eigenvalue weighted by atomic mass is 16.6. The molecular weight excluding hydrogens is 180 g/mol. The summed E-state index contributed by atoms with van der Waals surface area (Å²) in [6.45, 7) is 8.27. The molecule has 0 saturated carbocycles. The molecule has 1 amide bonds. The maximum Gasteiger partial charge on any atom is 0.410 e. The number of hydrogen-bond acceptors (Lipinski definition) is 3. The summed E-state index contributed by atoms with van der Waals surface area (Å²) in [6.07, 6.45) is 0.610. The minimum Gasteiger partial charge on any atom is -0.444 e. The van der Waals surface area contributed by atoms with E-state index in [2.05, 4.69) is 0 Å². The van der Waals surface area contributed by atoms with Crippen LogP contribution in [-0.4, -0.2) is 35.2 Å². The molecule has 1 fully saturated rings. The summed E-state index contributed by atoms with van der Waals surface area (Å²) < 4.78 is 5.27. The van der Waals surface area contributed by atoms with Crippen LogP contribution in [0, 0.1) is 0 Å². The van der Waals surface area contributed by atoms with Gasteiger partial charge in [-0.3, -0.25) is 0 Å². The van der Waals surface area contributed by atoms with Crippen LogP contribution in [-0.2, 0) is 4.74 Å². The Morgan fingerprint density at radius 2 is 2.07 bits per heavy atom. The average Bonchev–Trinajstić information content (AvgIpc) is 2.29. The molecule has 1 saturated heterocycles. The number of ether oxygens (including phenoxy) is 1. The largest absolute Gasteiger partial charge is 0.444 e. The van der Waals surface area contributed by atoms with Crippen molar-refractivity contribution < 1.29 is 9.53 Å². The minimum absolute atomic E-state index is 0.0857. The monoisotopic (exact) mass is 200 g/mol. The van der Waals surface area contributed by atoms with Crippen LogP contribution in [0.2, 0.25) is 0 Å². The van der Waals surface area contributed by atoms with E-state index in [1.807, 2.05) is 27.7 Å². The van der Waals surface area contributed by atoms with Gasteiger partial charge in [-0.15, -0.1) is 0 Å². The van der Waals surface area contributed by atoms with Gasteiger partial charge in [-0.1, -0.05) is 0 Å². The number of hydrogen-bond donors (Lipinski definition) is 1. The number of amides is 1. The van der Waals surface area contributed by atoms with Crippen LogP contribution in [0.4, 0.5) is 4.79 Å². The Morgan fingerprint density at radius 1 is 1.50 bits per heavy atom. The average molecular weight is 200 g/mol. The Morgan fingerprint density at radius 3 is 2.43 bits per heavy atom. The second-order valence-corrected chi connectivity index (χ2v) is 4.87. The van der Waals surface area contributed by atoms with Crippen molar-refractivity contribution in [3.05, 3.63) is 0 Å². The Hall–Kier alpha value is -0.770. The van der Waals surface area contributed by atoms with Crippen molar-refractivity contribution in [1.29, 1.82) is 0 Å². The Labute approximate surface area is 85.4 Å². The van der Waals surface area contributed by atoms with Gasteiger partial charge in [-0.05, 0) is 34.1 Å². The van der Waals surface area contributed by atoms with E-state index >= 15 is 0 Å². The van der Waals surface area contributed by atoms with Crippen LogP contribution in [0.1, 0.15) is 34.1 Å². The molecule has 4 nitrogen and oxygen atoms in total. The first-order chi connectivity index (χ1) is 6.31. The van der Waals surface area contributed by atoms with E-state index < -0.39 is 5.60 Å². The van der Waals surface area contributed by atoms with Gasteiger partial charge in [-0.25, -0.2) is 4.79 Å². The van der Waals surface area contributed by atoms with E-state index in [1.165, 1.54) is 0 Å². The Balaban J connectivity index is 2.54. The van der Waals surface area contributed by atoms with Crippen molar-refractivity contribution in [3.8, 4) is 0 Å². The zero-order valence-electron chi connectivity index (χ0n) is 9.41. The van der Waals surface area contributed by atoms with Gasteiger partial charge in [0.05, 0.1) is 0 Å². The van der Waals surface area contributed by atoms with Crippen LogP contribution in [0.25, 0.3) is 0 Å². The molecule has 82 valence electrons. The van der Waals surface area contributed by atoms with Crippen LogP contribution >= 0.6 is 0 Å². The van der Waals surface area contributed by atoms with Gasteiger partial charge in [0.2, 0.25) is 0 Å². The number of nitrogens with two attached hydrogens (primary N) is 1. The van der Waals surface area contributed by atoms with Crippen molar-refractivity contribution in [2.45, 2.75) is 51.8 Å².